The van der Waals surface area contributed by atoms with Crippen molar-refractivity contribution in [1.29, 1.82) is 0 Å². The number of rotatable bonds is 4. The van der Waals surface area contributed by atoms with Crippen molar-refractivity contribution in [3.05, 3.63) is 59.7 Å². The number of fused-ring (bicyclic) bond motifs is 3. The second-order valence-corrected chi connectivity index (χ2v) is 8.93. The molecule has 2 unspecified atom stereocenters. The molecule has 5 rings (SSSR count). The van der Waals surface area contributed by atoms with Gasteiger partial charge in [-0.05, 0) is 55.9 Å². The van der Waals surface area contributed by atoms with Crippen LogP contribution in [0.25, 0.3) is 0 Å². The van der Waals surface area contributed by atoms with E-state index in [1.54, 1.807) is 0 Å². The summed E-state index contributed by atoms with van der Waals surface area (Å²) in [6, 6.07) is 15.3. The molecule has 2 aromatic rings. The fourth-order valence-corrected chi connectivity index (χ4v) is 5.24. The van der Waals surface area contributed by atoms with Crippen LogP contribution < -0.4 is 9.47 Å². The lowest BCUT2D eigenvalue weighted by atomic mass is 9.76. The molecule has 2 atom stereocenters. The van der Waals surface area contributed by atoms with Crippen LogP contribution >= 0.6 is 0 Å². The van der Waals surface area contributed by atoms with E-state index in [2.05, 4.69) is 0 Å². The van der Waals surface area contributed by atoms with Gasteiger partial charge in [-0.25, -0.2) is 4.79 Å². The van der Waals surface area contributed by atoms with E-state index in [-0.39, 0.29) is 36.5 Å². The third-order valence-corrected chi connectivity index (χ3v) is 6.79. The topological polar surface area (TPSA) is 65.1 Å². The number of hydrogen-bond donors (Lipinski definition) is 0. The van der Waals surface area contributed by atoms with Crippen LogP contribution in [0.15, 0.2) is 48.5 Å². The molecule has 2 bridgehead atoms. The highest BCUT2D eigenvalue weighted by Gasteiger charge is 2.43. The predicted octanol–water partition coefficient (Wildman–Crippen LogP) is 5.00. The minimum atomic E-state index is -0.259. The number of Topliss-reactive ketones (excluding diaryl/α,β-unsaturated/α-hetero) is 1. The molecule has 0 aromatic heterocycles. The number of hydrogen-bond acceptors (Lipinski definition) is 5. The Morgan fingerprint density at radius 3 is 2.38 bits per heavy atom. The zero-order valence-electron chi connectivity index (χ0n) is 18.2. The van der Waals surface area contributed by atoms with Gasteiger partial charge in [-0.2, -0.15) is 0 Å². The molecule has 3 aliphatic rings. The average molecular weight is 436 g/mol. The maximum atomic E-state index is 13.4. The summed E-state index contributed by atoms with van der Waals surface area (Å²) >= 11 is 0. The second kappa shape index (κ2) is 9.23. The van der Waals surface area contributed by atoms with Crippen LogP contribution in [0.4, 0.5) is 4.79 Å². The molecule has 32 heavy (non-hydrogen) atoms. The zero-order chi connectivity index (χ0) is 21.9. The van der Waals surface area contributed by atoms with Crippen LogP contribution in [0.3, 0.4) is 0 Å². The van der Waals surface area contributed by atoms with Crippen LogP contribution in [0.1, 0.15) is 54.4 Å². The van der Waals surface area contributed by atoms with E-state index in [1.807, 2.05) is 53.4 Å². The smallest absolute Gasteiger partial charge is 0.410 e. The van der Waals surface area contributed by atoms with Gasteiger partial charge in [0.1, 0.15) is 6.61 Å². The van der Waals surface area contributed by atoms with Crippen LogP contribution in [-0.4, -0.2) is 42.1 Å². The van der Waals surface area contributed by atoms with Gasteiger partial charge in [0.15, 0.2) is 17.3 Å². The Kier molecular flexibility index (Phi) is 6.02. The molecule has 3 heterocycles. The molecule has 6 heteroatoms. The number of carbonyl (C=O) groups is 2. The predicted molar refractivity (Wildman–Crippen MR) is 119 cm³/mol. The maximum absolute atomic E-state index is 13.4. The van der Waals surface area contributed by atoms with Crippen molar-refractivity contribution >= 4 is 11.9 Å². The summed E-state index contributed by atoms with van der Waals surface area (Å²) in [6.07, 6.45) is 4.87. The van der Waals surface area contributed by atoms with Crippen molar-refractivity contribution < 1.29 is 23.8 Å². The van der Waals surface area contributed by atoms with Gasteiger partial charge in [-0.1, -0.05) is 30.3 Å². The van der Waals surface area contributed by atoms with E-state index < -0.39 is 0 Å². The Morgan fingerprint density at radius 2 is 1.62 bits per heavy atom. The van der Waals surface area contributed by atoms with Crippen LogP contribution in [0.2, 0.25) is 0 Å². The second-order valence-electron chi connectivity index (χ2n) is 8.93. The first-order valence-corrected chi connectivity index (χ1v) is 11.6. The molecule has 0 radical (unpaired) electrons. The molecule has 0 aliphatic carbocycles. The molecule has 0 N–H and O–H groups in total. The first-order valence-electron chi connectivity index (χ1n) is 11.6. The molecule has 2 fully saturated rings. The summed E-state index contributed by atoms with van der Waals surface area (Å²) in [5.74, 6) is 1.39. The van der Waals surface area contributed by atoms with Gasteiger partial charge in [0.2, 0.25) is 0 Å². The standard InChI is InChI=1S/C26H29NO5/c28-25(19-10-11-23-24(16-19)31-13-5-12-30-23)20-14-21-8-4-9-22(15-20)27(21)26(29)32-17-18-6-2-1-3-7-18/h1-3,6-7,10-11,16,20-22H,4-5,8-9,12-15,17H2. The summed E-state index contributed by atoms with van der Waals surface area (Å²) in [7, 11) is 0. The number of nitrogens with zero attached hydrogens (tertiary/aromatic N) is 1. The molecule has 2 aromatic carbocycles. The molecule has 2 saturated heterocycles. The van der Waals surface area contributed by atoms with Crippen molar-refractivity contribution in [3.8, 4) is 11.5 Å². The highest BCUT2D eigenvalue weighted by atomic mass is 16.6. The average Bonchev–Trinajstić information content (AvgIpc) is 3.07. The quantitative estimate of drug-likeness (QED) is 0.633. The monoisotopic (exact) mass is 435 g/mol. The summed E-state index contributed by atoms with van der Waals surface area (Å²) in [5.41, 5.74) is 1.64. The first kappa shape index (κ1) is 20.9. The number of benzene rings is 2. The molecule has 0 spiro atoms. The van der Waals surface area contributed by atoms with E-state index >= 15 is 0 Å². The Morgan fingerprint density at radius 1 is 0.906 bits per heavy atom. The summed E-state index contributed by atoms with van der Waals surface area (Å²) in [4.78, 5) is 28.2. The lowest BCUT2D eigenvalue weighted by molar-refractivity contribution is 0.00472. The van der Waals surface area contributed by atoms with E-state index in [0.29, 0.717) is 43.1 Å². The van der Waals surface area contributed by atoms with E-state index in [1.165, 1.54) is 0 Å². The number of ketones is 1. The van der Waals surface area contributed by atoms with Gasteiger partial charge in [0, 0.05) is 30.0 Å². The molecular weight excluding hydrogens is 406 g/mol. The first-order chi connectivity index (χ1) is 15.7. The Bertz CT molecular complexity index is 961. The number of amides is 1. The zero-order valence-corrected chi connectivity index (χ0v) is 18.2. The molecule has 168 valence electrons. The third kappa shape index (κ3) is 4.31. The van der Waals surface area contributed by atoms with Gasteiger partial charge >= 0.3 is 6.09 Å². The fraction of sp³-hybridized carbons (Fsp3) is 0.462. The van der Waals surface area contributed by atoms with Crippen molar-refractivity contribution in [1.82, 2.24) is 4.90 Å². The van der Waals surface area contributed by atoms with Crippen LogP contribution in [0.5, 0.6) is 11.5 Å². The molecule has 3 aliphatic heterocycles. The Labute approximate surface area is 188 Å². The van der Waals surface area contributed by atoms with Crippen LogP contribution in [0, 0.1) is 5.92 Å². The third-order valence-electron chi connectivity index (χ3n) is 6.79. The van der Waals surface area contributed by atoms with Crippen LogP contribution in [-0.2, 0) is 11.3 Å². The van der Waals surface area contributed by atoms with Gasteiger partial charge in [-0.15, -0.1) is 0 Å². The summed E-state index contributed by atoms with van der Waals surface area (Å²) in [5, 5.41) is 0. The van der Waals surface area contributed by atoms with Crippen molar-refractivity contribution in [2.45, 2.75) is 57.2 Å². The lowest BCUT2D eigenvalue weighted by Gasteiger charge is -2.47. The summed E-state index contributed by atoms with van der Waals surface area (Å²) in [6.45, 7) is 1.50. The van der Waals surface area contributed by atoms with Crippen molar-refractivity contribution in [2.24, 2.45) is 5.92 Å². The highest BCUT2D eigenvalue weighted by molar-refractivity contribution is 5.98. The van der Waals surface area contributed by atoms with Crippen molar-refractivity contribution in [2.75, 3.05) is 13.2 Å². The number of carbonyl (C=O) groups excluding carboxylic acids is 2. The van der Waals surface area contributed by atoms with E-state index in [0.717, 1.165) is 31.2 Å². The minimum absolute atomic E-state index is 0.0557. The van der Waals surface area contributed by atoms with Gasteiger partial charge in [0.05, 0.1) is 13.2 Å². The highest BCUT2D eigenvalue weighted by Crippen LogP contribution is 2.40. The van der Waals surface area contributed by atoms with Crippen molar-refractivity contribution in [3.63, 3.8) is 0 Å². The van der Waals surface area contributed by atoms with Gasteiger partial charge in [0.25, 0.3) is 0 Å². The normalized spacial score (nSPS) is 24.4. The maximum Gasteiger partial charge on any atom is 0.410 e. The SMILES string of the molecule is O=C(c1ccc2c(c1)OCCCO2)C1CC2CCCC(C1)N2C(=O)OCc1ccccc1. The lowest BCUT2D eigenvalue weighted by Crippen LogP contribution is -2.55. The summed E-state index contributed by atoms with van der Waals surface area (Å²) < 4.78 is 17.1. The van der Waals surface area contributed by atoms with E-state index in [9.17, 15) is 9.59 Å². The molecular formula is C26H29NO5. The number of ether oxygens (including phenoxy) is 3. The molecule has 0 saturated carbocycles. The Balaban J connectivity index is 1.26. The van der Waals surface area contributed by atoms with Gasteiger partial charge < -0.3 is 19.1 Å². The Hall–Kier alpha value is -3.02. The van der Waals surface area contributed by atoms with Gasteiger partial charge in [-0.3, -0.25) is 4.79 Å². The molecule has 6 nitrogen and oxygen atoms in total. The fourth-order valence-electron chi connectivity index (χ4n) is 5.24. The largest absolute Gasteiger partial charge is 0.490 e. The minimum Gasteiger partial charge on any atom is -0.490 e. The van der Waals surface area contributed by atoms with E-state index in [4.69, 9.17) is 14.2 Å². The number of piperidine rings is 2. The molecule has 1 amide bonds.